The summed E-state index contributed by atoms with van der Waals surface area (Å²) in [7, 11) is -0.0786. The zero-order valence-corrected chi connectivity index (χ0v) is 22.9. The molecule has 2 heteroatoms. The molecule has 0 aliphatic rings. The molecule has 31 heavy (non-hydrogen) atoms. The zero-order chi connectivity index (χ0) is 22.7. The fourth-order valence-electron chi connectivity index (χ4n) is 4.61. The summed E-state index contributed by atoms with van der Waals surface area (Å²) in [6, 6.07) is 0. The average Bonchev–Trinajstić information content (AvgIpc) is 2.79. The van der Waals surface area contributed by atoms with E-state index in [9.17, 15) is 5.11 Å². The van der Waals surface area contributed by atoms with Crippen LogP contribution in [-0.2, 0) is 0 Å². The van der Waals surface area contributed by atoms with Crippen LogP contribution < -0.4 is 0 Å². The molecule has 0 aliphatic heterocycles. The molecule has 0 aliphatic carbocycles. The van der Waals surface area contributed by atoms with Crippen LogP contribution in [0, 0.1) is 0 Å². The molecular formula is C29H61OP. The van der Waals surface area contributed by atoms with Crippen molar-refractivity contribution in [3.8, 4) is 0 Å². The van der Waals surface area contributed by atoms with Crippen LogP contribution in [0.1, 0.15) is 168 Å². The fraction of sp³-hybridized carbons (Fsp3) is 1.00. The van der Waals surface area contributed by atoms with Gasteiger partial charge < -0.3 is 5.11 Å². The van der Waals surface area contributed by atoms with E-state index in [2.05, 4.69) is 13.8 Å². The predicted octanol–water partition coefficient (Wildman–Crippen LogP) is 10.8. The van der Waals surface area contributed by atoms with Gasteiger partial charge in [0.2, 0.25) is 0 Å². The highest BCUT2D eigenvalue weighted by atomic mass is 31.1. The number of unbranched alkanes of at least 4 members (excludes halogenated alkanes) is 22. The molecule has 0 rings (SSSR count). The third-order valence-corrected chi connectivity index (χ3v) is 9.15. The van der Waals surface area contributed by atoms with Gasteiger partial charge in [0, 0.05) is 0 Å². The van der Waals surface area contributed by atoms with Crippen LogP contribution in [0.4, 0.5) is 0 Å². The van der Waals surface area contributed by atoms with Gasteiger partial charge in [0.05, 0.1) is 6.35 Å². The highest BCUT2D eigenvalue weighted by molar-refractivity contribution is 7.57. The van der Waals surface area contributed by atoms with Gasteiger partial charge in [-0.25, -0.2) is 0 Å². The van der Waals surface area contributed by atoms with Gasteiger partial charge in [-0.05, 0) is 25.2 Å². The summed E-state index contributed by atoms with van der Waals surface area (Å²) in [5.41, 5.74) is 0. The number of rotatable bonds is 27. The Morgan fingerprint density at radius 1 is 0.355 bits per heavy atom. The van der Waals surface area contributed by atoms with E-state index in [1.807, 2.05) is 0 Å². The third-order valence-electron chi connectivity index (χ3n) is 6.86. The second-order valence-corrected chi connectivity index (χ2v) is 12.6. The first-order chi connectivity index (χ1) is 15.3. The maximum atomic E-state index is 9.71. The Kier molecular flexibility index (Phi) is 28.8. The summed E-state index contributed by atoms with van der Waals surface area (Å²) in [6.07, 6.45) is 37.4. The number of hydrogen-bond acceptors (Lipinski definition) is 1. The molecule has 0 saturated heterocycles. The topological polar surface area (TPSA) is 20.2 Å². The molecule has 1 N–H and O–H groups in total. The summed E-state index contributed by atoms with van der Waals surface area (Å²) in [6.45, 7) is 4.59. The molecule has 0 aromatic carbocycles. The van der Waals surface area contributed by atoms with Crippen LogP contribution in [0.3, 0.4) is 0 Å². The normalized spacial score (nSPS) is 11.6. The van der Waals surface area contributed by atoms with E-state index >= 15 is 0 Å². The van der Waals surface area contributed by atoms with Crippen LogP contribution in [0.5, 0.6) is 0 Å². The van der Waals surface area contributed by atoms with Gasteiger partial charge in [-0.15, -0.1) is 0 Å². The van der Waals surface area contributed by atoms with Gasteiger partial charge >= 0.3 is 0 Å². The summed E-state index contributed by atoms with van der Waals surface area (Å²) in [5.74, 6) is 0. The maximum Gasteiger partial charge on any atom is 0.0624 e. The molecule has 0 spiro atoms. The van der Waals surface area contributed by atoms with Gasteiger partial charge in [0.1, 0.15) is 0 Å². The molecule has 0 radical (unpaired) electrons. The van der Waals surface area contributed by atoms with E-state index in [1.165, 1.54) is 166 Å². The summed E-state index contributed by atoms with van der Waals surface area (Å²) in [4.78, 5) is 0. The van der Waals surface area contributed by atoms with E-state index < -0.39 is 0 Å². The molecule has 1 nitrogen and oxygen atoms in total. The first-order valence-corrected chi connectivity index (χ1v) is 16.6. The molecule has 0 fully saturated rings. The number of hydrogen-bond donors (Lipinski definition) is 1. The summed E-state index contributed by atoms with van der Waals surface area (Å²) < 4.78 is 0. The quantitative estimate of drug-likeness (QED) is 0.0962. The van der Waals surface area contributed by atoms with Gasteiger partial charge in [-0.3, -0.25) is 0 Å². The second kappa shape index (κ2) is 28.4. The van der Waals surface area contributed by atoms with Crippen molar-refractivity contribution in [3.05, 3.63) is 0 Å². The van der Waals surface area contributed by atoms with Crippen molar-refractivity contribution in [2.75, 3.05) is 18.7 Å². The van der Waals surface area contributed by atoms with Crippen molar-refractivity contribution in [1.82, 2.24) is 0 Å². The molecule has 0 unspecified atom stereocenters. The molecular weight excluding hydrogens is 395 g/mol. The Morgan fingerprint density at radius 3 is 0.806 bits per heavy atom. The Labute approximate surface area is 199 Å². The molecule has 0 heterocycles. The average molecular weight is 457 g/mol. The van der Waals surface area contributed by atoms with Crippen molar-refractivity contribution >= 4 is 7.92 Å². The fourth-order valence-corrected chi connectivity index (χ4v) is 6.45. The molecule has 0 bridgehead atoms. The van der Waals surface area contributed by atoms with Crippen molar-refractivity contribution < 1.29 is 5.11 Å². The largest absolute Gasteiger partial charge is 0.392 e. The monoisotopic (exact) mass is 456 g/mol. The third kappa shape index (κ3) is 26.5. The minimum absolute atomic E-state index is 0.0786. The smallest absolute Gasteiger partial charge is 0.0624 e. The van der Waals surface area contributed by atoms with E-state index in [1.54, 1.807) is 0 Å². The summed E-state index contributed by atoms with van der Waals surface area (Å²) in [5, 5.41) is 9.71. The lowest BCUT2D eigenvalue weighted by Gasteiger charge is -2.14. The van der Waals surface area contributed by atoms with Crippen LogP contribution in [0.2, 0.25) is 0 Å². The highest BCUT2D eigenvalue weighted by Crippen LogP contribution is 2.36. The SMILES string of the molecule is CCCCCCCCCCCCCCP(CO)CCCCCCCCCCCCCC. The molecule has 0 amide bonds. The molecule has 188 valence electrons. The second-order valence-electron chi connectivity index (χ2n) is 10.0. The zero-order valence-electron chi connectivity index (χ0n) is 22.0. The molecule has 0 saturated carbocycles. The van der Waals surface area contributed by atoms with Crippen LogP contribution in [-0.4, -0.2) is 23.8 Å². The summed E-state index contributed by atoms with van der Waals surface area (Å²) >= 11 is 0. The molecule has 0 aromatic heterocycles. The highest BCUT2D eigenvalue weighted by Gasteiger charge is 2.06. The van der Waals surface area contributed by atoms with Gasteiger partial charge in [0.25, 0.3) is 0 Å². The van der Waals surface area contributed by atoms with Gasteiger partial charge in [-0.2, -0.15) is 0 Å². The number of aliphatic hydroxyl groups excluding tert-OH is 1. The van der Waals surface area contributed by atoms with E-state index in [-0.39, 0.29) is 7.92 Å². The van der Waals surface area contributed by atoms with E-state index in [0.29, 0.717) is 6.35 Å². The lowest BCUT2D eigenvalue weighted by molar-refractivity contribution is 0.369. The van der Waals surface area contributed by atoms with Crippen molar-refractivity contribution in [1.29, 1.82) is 0 Å². The predicted molar refractivity (Wildman–Crippen MR) is 146 cm³/mol. The Balaban J connectivity index is 3.26. The van der Waals surface area contributed by atoms with Crippen LogP contribution in [0.25, 0.3) is 0 Å². The lowest BCUT2D eigenvalue weighted by Crippen LogP contribution is -1.96. The standard InChI is InChI=1S/C29H61OP/c1-3-5-7-9-11-13-15-17-19-21-23-25-27-31(29-30)28-26-24-22-20-18-16-14-12-10-8-6-4-2/h30H,3-29H2,1-2H3. The van der Waals surface area contributed by atoms with Crippen molar-refractivity contribution in [2.45, 2.75) is 168 Å². The lowest BCUT2D eigenvalue weighted by atomic mass is 10.1. The van der Waals surface area contributed by atoms with Crippen LogP contribution >= 0.6 is 7.92 Å². The minimum Gasteiger partial charge on any atom is -0.392 e. The van der Waals surface area contributed by atoms with Crippen molar-refractivity contribution in [3.63, 3.8) is 0 Å². The van der Waals surface area contributed by atoms with Gasteiger partial charge in [0.15, 0.2) is 0 Å². The van der Waals surface area contributed by atoms with Gasteiger partial charge in [-0.1, -0.05) is 163 Å². The number of aliphatic hydroxyl groups is 1. The minimum atomic E-state index is -0.0786. The van der Waals surface area contributed by atoms with Crippen molar-refractivity contribution in [2.24, 2.45) is 0 Å². The molecule has 0 aromatic rings. The first kappa shape index (κ1) is 31.4. The van der Waals surface area contributed by atoms with E-state index in [0.717, 1.165) is 0 Å². The van der Waals surface area contributed by atoms with Crippen LogP contribution in [0.15, 0.2) is 0 Å². The first-order valence-electron chi connectivity index (χ1n) is 14.7. The Hall–Kier alpha value is 0.390. The Bertz CT molecular complexity index is 279. The molecule has 0 atom stereocenters. The maximum absolute atomic E-state index is 9.71. The Morgan fingerprint density at radius 2 is 0.581 bits per heavy atom. The van der Waals surface area contributed by atoms with E-state index in [4.69, 9.17) is 0 Å².